The zero-order valence-corrected chi connectivity index (χ0v) is 16.1. The van der Waals surface area contributed by atoms with Crippen LogP contribution in [0.5, 0.6) is 5.75 Å². The molecular formula is C24H23FN2O2. The van der Waals surface area contributed by atoms with Gasteiger partial charge < -0.3 is 10.0 Å². The maximum atomic E-state index is 14.1. The van der Waals surface area contributed by atoms with E-state index >= 15 is 0 Å². The van der Waals surface area contributed by atoms with Crippen molar-refractivity contribution in [2.45, 2.75) is 44.2 Å². The lowest BCUT2D eigenvalue weighted by Crippen LogP contribution is -2.43. The van der Waals surface area contributed by atoms with Gasteiger partial charge in [0.25, 0.3) is 5.91 Å². The van der Waals surface area contributed by atoms with Crippen LogP contribution in [0.1, 0.15) is 42.5 Å². The first kappa shape index (κ1) is 18.1. The van der Waals surface area contributed by atoms with Gasteiger partial charge in [0.2, 0.25) is 0 Å². The van der Waals surface area contributed by atoms with E-state index in [0.29, 0.717) is 17.2 Å². The number of phenols is 1. The van der Waals surface area contributed by atoms with Crippen LogP contribution in [0.2, 0.25) is 0 Å². The van der Waals surface area contributed by atoms with Crippen molar-refractivity contribution in [1.82, 2.24) is 4.90 Å². The van der Waals surface area contributed by atoms with Gasteiger partial charge in [-0.1, -0.05) is 18.2 Å². The third-order valence-corrected chi connectivity index (χ3v) is 6.20. The highest BCUT2D eigenvalue weighted by molar-refractivity contribution is 5.95. The number of carbonyl (C=O) groups is 1. The fourth-order valence-corrected chi connectivity index (χ4v) is 4.54. The van der Waals surface area contributed by atoms with Crippen LogP contribution in [0, 0.1) is 5.82 Å². The Morgan fingerprint density at radius 1 is 1.07 bits per heavy atom. The van der Waals surface area contributed by atoms with E-state index in [-0.39, 0.29) is 23.3 Å². The summed E-state index contributed by atoms with van der Waals surface area (Å²) < 4.78 is 14.1. The average molecular weight is 390 g/mol. The summed E-state index contributed by atoms with van der Waals surface area (Å²) in [5, 5.41) is 10.0. The minimum absolute atomic E-state index is 0.0424. The lowest BCUT2D eigenvalue weighted by atomic mass is 9.88. The largest absolute Gasteiger partial charge is 0.507 e. The molecule has 0 aromatic heterocycles. The Morgan fingerprint density at radius 3 is 2.59 bits per heavy atom. The number of rotatable bonds is 4. The van der Waals surface area contributed by atoms with E-state index in [1.165, 1.54) is 29.3 Å². The Morgan fingerprint density at radius 2 is 1.86 bits per heavy atom. The summed E-state index contributed by atoms with van der Waals surface area (Å²) in [5.74, 6) is -0.540. The van der Waals surface area contributed by atoms with Gasteiger partial charge in [-0.2, -0.15) is 0 Å². The molecular weight excluding hydrogens is 367 g/mol. The second-order valence-corrected chi connectivity index (χ2v) is 8.15. The van der Waals surface area contributed by atoms with Crippen molar-refractivity contribution in [3.63, 3.8) is 0 Å². The molecule has 0 radical (unpaired) electrons. The number of hydrogen-bond donors (Lipinski definition) is 1. The Hall–Kier alpha value is -2.95. The molecule has 2 aromatic rings. The van der Waals surface area contributed by atoms with Crippen LogP contribution in [-0.2, 0) is 0 Å². The quantitative estimate of drug-likeness (QED) is 0.820. The van der Waals surface area contributed by atoms with Crippen molar-refractivity contribution < 1.29 is 14.3 Å². The number of carbonyl (C=O) groups excluding carboxylic acids is 1. The number of halogens is 1. The molecule has 148 valence electrons. The summed E-state index contributed by atoms with van der Waals surface area (Å²) in [5.41, 5.74) is 4.07. The number of amides is 1. The van der Waals surface area contributed by atoms with Gasteiger partial charge in [-0.05, 0) is 73.1 Å². The number of hydrogen-bond acceptors (Lipinski definition) is 3. The molecule has 0 saturated heterocycles. The van der Waals surface area contributed by atoms with E-state index in [1.807, 2.05) is 6.21 Å². The molecule has 29 heavy (non-hydrogen) atoms. The summed E-state index contributed by atoms with van der Waals surface area (Å²) in [6.07, 6.45) is 7.00. The molecule has 1 heterocycles. The van der Waals surface area contributed by atoms with E-state index in [0.717, 1.165) is 38.6 Å². The first-order valence-electron chi connectivity index (χ1n) is 10.2. The zero-order chi connectivity index (χ0) is 20.0. The molecule has 5 rings (SSSR count). The third kappa shape index (κ3) is 3.35. The zero-order valence-electron chi connectivity index (χ0n) is 16.1. The Bertz CT molecular complexity index is 1000. The SMILES string of the molecule is O=C(c1ccc(-c2c(O)cccc2F)cc1)N(C1CC1)C1CCC2=C(C=NC2)C1. The van der Waals surface area contributed by atoms with E-state index in [4.69, 9.17) is 0 Å². The average Bonchev–Trinajstić information content (AvgIpc) is 3.44. The van der Waals surface area contributed by atoms with Gasteiger partial charge in [0.15, 0.2) is 0 Å². The molecule has 2 aliphatic carbocycles. The van der Waals surface area contributed by atoms with Crippen LogP contribution in [0.25, 0.3) is 11.1 Å². The molecule has 1 atom stereocenters. The van der Waals surface area contributed by atoms with E-state index in [2.05, 4.69) is 9.89 Å². The summed E-state index contributed by atoms with van der Waals surface area (Å²) in [6, 6.07) is 11.7. The molecule has 1 aliphatic heterocycles. The molecule has 3 aliphatic rings. The minimum Gasteiger partial charge on any atom is -0.507 e. The summed E-state index contributed by atoms with van der Waals surface area (Å²) in [4.78, 5) is 19.8. The molecule has 1 N–H and O–H groups in total. The van der Waals surface area contributed by atoms with Gasteiger partial charge in [0.05, 0.1) is 12.1 Å². The van der Waals surface area contributed by atoms with E-state index in [9.17, 15) is 14.3 Å². The molecule has 0 bridgehead atoms. The maximum absolute atomic E-state index is 14.1. The predicted octanol–water partition coefficient (Wildman–Crippen LogP) is 4.74. The normalized spacial score (nSPS) is 20.7. The highest BCUT2D eigenvalue weighted by Crippen LogP contribution is 2.38. The van der Waals surface area contributed by atoms with Crippen molar-refractivity contribution in [2.24, 2.45) is 4.99 Å². The standard InChI is InChI=1S/C24H23FN2O2/c25-21-2-1-3-22(28)23(21)15-4-6-16(7-5-15)24(29)27(19-10-11-19)20-9-8-17-13-26-14-18(17)12-20/h1-7,14,19-20,28H,8-13H2. The number of aromatic hydroxyl groups is 1. The second kappa shape index (κ2) is 7.14. The minimum atomic E-state index is -0.479. The van der Waals surface area contributed by atoms with Crippen LogP contribution in [0.15, 0.2) is 58.6 Å². The molecule has 1 saturated carbocycles. The second-order valence-electron chi connectivity index (χ2n) is 8.15. The molecule has 1 fully saturated rings. The van der Waals surface area contributed by atoms with Gasteiger partial charge in [-0.3, -0.25) is 9.79 Å². The Kier molecular flexibility index (Phi) is 4.46. The van der Waals surface area contributed by atoms with Gasteiger partial charge in [-0.15, -0.1) is 0 Å². The van der Waals surface area contributed by atoms with Crippen molar-refractivity contribution >= 4 is 12.1 Å². The van der Waals surface area contributed by atoms with Gasteiger partial charge in [0.1, 0.15) is 11.6 Å². The summed E-state index contributed by atoms with van der Waals surface area (Å²) >= 11 is 0. The van der Waals surface area contributed by atoms with Crippen molar-refractivity contribution in [3.05, 3.63) is 65.0 Å². The first-order chi connectivity index (χ1) is 14.1. The highest BCUT2D eigenvalue weighted by atomic mass is 19.1. The van der Waals surface area contributed by atoms with E-state index in [1.54, 1.807) is 24.3 Å². The van der Waals surface area contributed by atoms with Crippen LogP contribution in [0.4, 0.5) is 4.39 Å². The number of nitrogens with zero attached hydrogens (tertiary/aromatic N) is 2. The van der Waals surface area contributed by atoms with Crippen LogP contribution < -0.4 is 0 Å². The predicted molar refractivity (Wildman–Crippen MR) is 111 cm³/mol. The molecule has 1 unspecified atom stereocenters. The summed E-state index contributed by atoms with van der Waals surface area (Å²) in [6.45, 7) is 0.823. The lowest BCUT2D eigenvalue weighted by molar-refractivity contribution is 0.0645. The van der Waals surface area contributed by atoms with Gasteiger partial charge in [-0.25, -0.2) is 4.39 Å². The molecule has 2 aromatic carbocycles. The Balaban J connectivity index is 1.40. The van der Waals surface area contributed by atoms with Crippen LogP contribution >= 0.6 is 0 Å². The topological polar surface area (TPSA) is 52.9 Å². The Labute approximate surface area is 169 Å². The van der Waals surface area contributed by atoms with Crippen molar-refractivity contribution in [2.75, 3.05) is 6.54 Å². The molecule has 1 amide bonds. The molecule has 4 nitrogen and oxygen atoms in total. The number of phenolic OH excluding ortho intramolecular Hbond substituents is 1. The smallest absolute Gasteiger partial charge is 0.254 e. The fraction of sp³-hybridized carbons (Fsp3) is 0.333. The van der Waals surface area contributed by atoms with E-state index < -0.39 is 5.82 Å². The highest BCUT2D eigenvalue weighted by Gasteiger charge is 2.39. The first-order valence-corrected chi connectivity index (χ1v) is 10.2. The maximum Gasteiger partial charge on any atom is 0.254 e. The van der Waals surface area contributed by atoms with Crippen molar-refractivity contribution in [1.29, 1.82) is 0 Å². The summed E-state index contributed by atoms with van der Waals surface area (Å²) in [7, 11) is 0. The van der Waals surface area contributed by atoms with Crippen LogP contribution in [0.3, 0.4) is 0 Å². The number of aliphatic imine (C=N–C) groups is 1. The monoisotopic (exact) mass is 390 g/mol. The fourth-order valence-electron chi connectivity index (χ4n) is 4.54. The third-order valence-electron chi connectivity index (χ3n) is 6.20. The van der Waals surface area contributed by atoms with Crippen LogP contribution in [-0.4, -0.2) is 40.8 Å². The molecule has 5 heteroatoms. The number of benzene rings is 2. The lowest BCUT2D eigenvalue weighted by Gasteiger charge is -2.35. The molecule has 0 spiro atoms. The van der Waals surface area contributed by atoms with Crippen molar-refractivity contribution in [3.8, 4) is 16.9 Å². The van der Waals surface area contributed by atoms with Gasteiger partial charge >= 0.3 is 0 Å². The van der Waals surface area contributed by atoms with Gasteiger partial charge in [0, 0.05) is 23.9 Å².